The number of carboxylic acid groups (broad SMARTS) is 1. The van der Waals surface area contributed by atoms with Gasteiger partial charge >= 0.3 is 5.97 Å². The van der Waals surface area contributed by atoms with Crippen LogP contribution < -0.4 is 14.8 Å². The van der Waals surface area contributed by atoms with Crippen molar-refractivity contribution >= 4 is 11.7 Å². The second kappa shape index (κ2) is 7.31. The van der Waals surface area contributed by atoms with Crippen molar-refractivity contribution in [2.45, 2.75) is 13.3 Å². The maximum atomic E-state index is 10.8. The number of carboxylic acids is 1. The fourth-order valence-electron chi connectivity index (χ4n) is 1.61. The van der Waals surface area contributed by atoms with Crippen molar-refractivity contribution in [3.8, 4) is 11.5 Å². The van der Waals surface area contributed by atoms with Crippen LogP contribution in [0.2, 0.25) is 0 Å². The molecule has 5 heteroatoms. The molecule has 0 aliphatic heterocycles. The second-order valence-corrected chi connectivity index (χ2v) is 3.84. The first-order chi connectivity index (χ1) is 9.12. The van der Waals surface area contributed by atoms with E-state index in [9.17, 15) is 4.79 Å². The van der Waals surface area contributed by atoms with Crippen molar-refractivity contribution in [1.82, 2.24) is 0 Å². The number of rotatable bonds is 7. The highest BCUT2D eigenvalue weighted by Crippen LogP contribution is 2.28. The molecule has 1 rings (SSSR count). The average Bonchev–Trinajstić information content (AvgIpc) is 2.43. The van der Waals surface area contributed by atoms with Crippen molar-refractivity contribution in [2.24, 2.45) is 0 Å². The minimum Gasteiger partial charge on any atom is -0.497 e. The lowest BCUT2D eigenvalue weighted by molar-refractivity contribution is -0.132. The first kappa shape index (κ1) is 14.9. The summed E-state index contributed by atoms with van der Waals surface area (Å²) in [5.74, 6) is 0.477. The van der Waals surface area contributed by atoms with Gasteiger partial charge in [0.1, 0.15) is 11.5 Å². The molecule has 0 amide bonds. The molecule has 0 aliphatic rings. The normalized spacial score (nSPS) is 11.0. The van der Waals surface area contributed by atoms with Gasteiger partial charge in [0, 0.05) is 18.2 Å². The first-order valence-corrected chi connectivity index (χ1v) is 6.00. The molecular formula is C14H19NO4. The lowest BCUT2D eigenvalue weighted by Gasteiger charge is -2.11. The van der Waals surface area contributed by atoms with Crippen LogP contribution >= 0.6 is 0 Å². The topological polar surface area (TPSA) is 67.8 Å². The van der Waals surface area contributed by atoms with E-state index in [1.54, 1.807) is 26.4 Å². The zero-order valence-electron chi connectivity index (χ0n) is 11.4. The summed E-state index contributed by atoms with van der Waals surface area (Å²) in [6.07, 6.45) is 2.16. The van der Waals surface area contributed by atoms with Crippen LogP contribution in [0.3, 0.4) is 0 Å². The van der Waals surface area contributed by atoms with Gasteiger partial charge in [0.05, 0.1) is 19.9 Å². The van der Waals surface area contributed by atoms with Crippen LogP contribution in [0.5, 0.6) is 11.5 Å². The summed E-state index contributed by atoms with van der Waals surface area (Å²) >= 11 is 0. The molecule has 19 heavy (non-hydrogen) atoms. The van der Waals surface area contributed by atoms with Gasteiger partial charge < -0.3 is 19.9 Å². The molecule has 0 unspecified atom stereocenters. The van der Waals surface area contributed by atoms with Crippen LogP contribution in [-0.2, 0) is 4.79 Å². The molecule has 5 nitrogen and oxygen atoms in total. The van der Waals surface area contributed by atoms with Gasteiger partial charge in [-0.1, -0.05) is 13.0 Å². The van der Waals surface area contributed by atoms with E-state index < -0.39 is 5.97 Å². The third kappa shape index (κ3) is 4.21. The number of methoxy groups -OCH3 is 2. The minimum atomic E-state index is -0.883. The molecule has 0 radical (unpaired) electrons. The standard InChI is InChI=1S/C14H19NO4/c1-4-10(14(16)17)7-8-15-12-6-5-11(18-2)9-13(12)19-3/h5-7,9,15H,4,8H2,1-3H3,(H,16,17)/b10-7-. The highest BCUT2D eigenvalue weighted by molar-refractivity contribution is 5.86. The van der Waals surface area contributed by atoms with E-state index in [4.69, 9.17) is 14.6 Å². The summed E-state index contributed by atoms with van der Waals surface area (Å²) in [6.45, 7) is 2.24. The van der Waals surface area contributed by atoms with Gasteiger partial charge in [-0.15, -0.1) is 0 Å². The Hall–Kier alpha value is -2.17. The number of nitrogens with one attached hydrogen (secondary N) is 1. The maximum Gasteiger partial charge on any atom is 0.331 e. The predicted octanol–water partition coefficient (Wildman–Crippen LogP) is 2.54. The number of hydrogen-bond acceptors (Lipinski definition) is 4. The molecule has 0 fully saturated rings. The first-order valence-electron chi connectivity index (χ1n) is 6.00. The van der Waals surface area contributed by atoms with Crippen molar-refractivity contribution in [3.05, 3.63) is 29.8 Å². The van der Waals surface area contributed by atoms with Crippen molar-refractivity contribution in [1.29, 1.82) is 0 Å². The van der Waals surface area contributed by atoms with Gasteiger partial charge in [0.25, 0.3) is 0 Å². The van der Waals surface area contributed by atoms with Gasteiger partial charge in [0.2, 0.25) is 0 Å². The summed E-state index contributed by atoms with van der Waals surface area (Å²) in [6, 6.07) is 5.41. The molecule has 0 bridgehead atoms. The van der Waals surface area contributed by atoms with Gasteiger partial charge in [-0.3, -0.25) is 0 Å². The number of aliphatic carboxylic acids is 1. The van der Waals surface area contributed by atoms with Gasteiger partial charge in [-0.25, -0.2) is 4.79 Å². The third-order valence-corrected chi connectivity index (χ3v) is 2.71. The van der Waals surface area contributed by atoms with Crippen LogP contribution in [0.4, 0.5) is 5.69 Å². The Morgan fingerprint density at radius 3 is 2.63 bits per heavy atom. The molecule has 0 heterocycles. The predicted molar refractivity (Wildman–Crippen MR) is 74.0 cm³/mol. The number of anilines is 1. The van der Waals surface area contributed by atoms with Crippen LogP contribution in [0.15, 0.2) is 29.8 Å². The molecule has 0 saturated heterocycles. The van der Waals surface area contributed by atoms with Crippen molar-refractivity contribution < 1.29 is 19.4 Å². The van der Waals surface area contributed by atoms with E-state index in [0.717, 1.165) is 5.69 Å². The monoisotopic (exact) mass is 265 g/mol. The number of benzene rings is 1. The lowest BCUT2D eigenvalue weighted by Crippen LogP contribution is -2.05. The number of hydrogen-bond donors (Lipinski definition) is 2. The van der Waals surface area contributed by atoms with E-state index >= 15 is 0 Å². The molecule has 0 atom stereocenters. The summed E-state index contributed by atoms with van der Waals surface area (Å²) in [7, 11) is 3.16. The van der Waals surface area contributed by atoms with Gasteiger partial charge in [-0.05, 0) is 18.6 Å². The highest BCUT2D eigenvalue weighted by Gasteiger charge is 2.05. The Labute approximate surface area is 112 Å². The highest BCUT2D eigenvalue weighted by atomic mass is 16.5. The zero-order valence-corrected chi connectivity index (χ0v) is 11.4. The number of ether oxygens (including phenoxy) is 2. The summed E-state index contributed by atoms with van der Waals surface area (Å²) in [4.78, 5) is 10.8. The summed E-state index contributed by atoms with van der Waals surface area (Å²) < 4.78 is 10.3. The fourth-order valence-corrected chi connectivity index (χ4v) is 1.61. The molecular weight excluding hydrogens is 246 g/mol. The Morgan fingerprint density at radius 2 is 2.11 bits per heavy atom. The third-order valence-electron chi connectivity index (χ3n) is 2.71. The smallest absolute Gasteiger partial charge is 0.331 e. The molecule has 0 aromatic heterocycles. The van der Waals surface area contributed by atoms with Gasteiger partial charge in [0.15, 0.2) is 0 Å². The van der Waals surface area contributed by atoms with E-state index in [-0.39, 0.29) is 0 Å². The summed E-state index contributed by atoms with van der Waals surface area (Å²) in [5, 5.41) is 12.0. The Kier molecular flexibility index (Phi) is 5.73. The molecule has 2 N–H and O–H groups in total. The molecule has 0 spiro atoms. The molecule has 104 valence electrons. The molecule has 0 aliphatic carbocycles. The van der Waals surface area contributed by atoms with Gasteiger partial charge in [-0.2, -0.15) is 0 Å². The zero-order chi connectivity index (χ0) is 14.3. The van der Waals surface area contributed by atoms with E-state index in [1.807, 2.05) is 19.1 Å². The SMILES string of the molecule is CC/C(=C/CNc1ccc(OC)cc1OC)C(=O)O. The van der Waals surface area contributed by atoms with E-state index in [0.29, 0.717) is 30.0 Å². The van der Waals surface area contributed by atoms with Crippen LogP contribution in [0.25, 0.3) is 0 Å². The summed E-state index contributed by atoms with van der Waals surface area (Å²) in [5.41, 5.74) is 1.18. The average molecular weight is 265 g/mol. The quantitative estimate of drug-likeness (QED) is 0.741. The van der Waals surface area contributed by atoms with E-state index in [1.165, 1.54) is 0 Å². The maximum absolute atomic E-state index is 10.8. The van der Waals surface area contributed by atoms with Crippen LogP contribution in [0.1, 0.15) is 13.3 Å². The second-order valence-electron chi connectivity index (χ2n) is 3.84. The van der Waals surface area contributed by atoms with Crippen molar-refractivity contribution in [2.75, 3.05) is 26.1 Å². The largest absolute Gasteiger partial charge is 0.497 e. The van der Waals surface area contributed by atoms with Crippen molar-refractivity contribution in [3.63, 3.8) is 0 Å². The van der Waals surface area contributed by atoms with Crippen LogP contribution in [0, 0.1) is 0 Å². The van der Waals surface area contributed by atoms with Crippen LogP contribution in [-0.4, -0.2) is 31.8 Å². The van der Waals surface area contributed by atoms with E-state index in [2.05, 4.69) is 5.32 Å². The Morgan fingerprint density at radius 1 is 1.37 bits per heavy atom. The fraction of sp³-hybridized carbons (Fsp3) is 0.357. The minimum absolute atomic E-state index is 0.389. The Bertz CT molecular complexity index is 469. The number of carbonyl (C=O) groups is 1. The molecule has 1 aromatic carbocycles. The molecule has 1 aromatic rings. The molecule has 0 saturated carbocycles. The Balaban J connectivity index is 2.75. The lowest BCUT2D eigenvalue weighted by atomic mass is 10.2.